The van der Waals surface area contributed by atoms with E-state index in [0.29, 0.717) is 56.2 Å². The molecule has 16 heteroatoms. The molecule has 278 valence electrons. The van der Waals surface area contributed by atoms with Crippen LogP contribution in [0.3, 0.4) is 0 Å². The van der Waals surface area contributed by atoms with Gasteiger partial charge in [0.1, 0.15) is 6.10 Å². The number of carbonyl (C=O) groups excluding carboxylic acids is 1. The Hall–Kier alpha value is -4.37. The number of piperidine rings is 1. The average Bonchev–Trinajstić information content (AvgIpc) is 3.49. The third kappa shape index (κ3) is 8.25. The molecular formula is C35H42F6N6O4. The van der Waals surface area contributed by atoms with E-state index in [1.807, 2.05) is 13.8 Å². The quantitative estimate of drug-likeness (QED) is 0.210. The van der Waals surface area contributed by atoms with Crippen molar-refractivity contribution < 1.29 is 45.8 Å². The Bertz CT molecular complexity index is 1660. The number of ether oxygens (including phenoxy) is 1. The first kappa shape index (κ1) is 37.9. The standard InChI is InChI=1S/C35H42F6N6O4/c1-6-26-13-28(14-27(7-2)47(26)32(50)51-29-11-23(12-29)33(3,4)30(48)49)46(31-42-15-21(16-43-31)22-17-44-45(5)19-22)18-20-8-24(34(36,37)38)10-25(9-20)35(39,40)41/h8-10,15-17,19,23,26-29H,6-7,11-14,18H2,1-5H3,(H,48,49)/t23?,26-,27?,28?,29?/m1/s1. The molecular weight excluding hydrogens is 682 g/mol. The van der Waals surface area contributed by atoms with Crippen LogP contribution in [-0.2, 0) is 35.5 Å². The first-order chi connectivity index (χ1) is 23.8. The van der Waals surface area contributed by atoms with Crippen LogP contribution in [0.5, 0.6) is 0 Å². The van der Waals surface area contributed by atoms with Crippen LogP contribution >= 0.6 is 0 Å². The lowest BCUT2D eigenvalue weighted by Crippen LogP contribution is -2.58. The number of benzene rings is 1. The molecule has 1 aliphatic carbocycles. The van der Waals surface area contributed by atoms with Gasteiger partial charge in [0.25, 0.3) is 0 Å². The number of amides is 1. The monoisotopic (exact) mass is 724 g/mol. The van der Waals surface area contributed by atoms with Crippen LogP contribution < -0.4 is 4.90 Å². The number of aryl methyl sites for hydroxylation is 1. The smallest absolute Gasteiger partial charge is 0.416 e. The highest BCUT2D eigenvalue weighted by molar-refractivity contribution is 5.74. The number of halogens is 6. The van der Waals surface area contributed by atoms with E-state index in [0.717, 1.165) is 5.56 Å². The Morgan fingerprint density at radius 3 is 1.88 bits per heavy atom. The largest absolute Gasteiger partial charge is 0.481 e. The summed E-state index contributed by atoms with van der Waals surface area (Å²) < 4.78 is 90.4. The minimum Gasteiger partial charge on any atom is -0.481 e. The summed E-state index contributed by atoms with van der Waals surface area (Å²) in [7, 11) is 1.74. The topological polar surface area (TPSA) is 114 Å². The van der Waals surface area contributed by atoms with E-state index in [1.54, 1.807) is 47.8 Å². The second-order valence-corrected chi connectivity index (χ2v) is 14.1. The first-order valence-corrected chi connectivity index (χ1v) is 16.9. The predicted octanol–water partition coefficient (Wildman–Crippen LogP) is 7.97. The number of likely N-dealkylation sites (tertiary alicyclic amines) is 1. The number of carbonyl (C=O) groups is 2. The highest BCUT2D eigenvalue weighted by atomic mass is 19.4. The van der Waals surface area contributed by atoms with E-state index in [2.05, 4.69) is 15.1 Å². The van der Waals surface area contributed by atoms with Crippen molar-refractivity contribution in [2.75, 3.05) is 4.90 Å². The molecule has 51 heavy (non-hydrogen) atoms. The average molecular weight is 725 g/mol. The molecule has 0 radical (unpaired) electrons. The maximum atomic E-state index is 13.8. The number of hydrogen-bond donors (Lipinski definition) is 1. The highest BCUT2D eigenvalue weighted by Gasteiger charge is 2.48. The zero-order chi connectivity index (χ0) is 37.5. The van der Waals surface area contributed by atoms with Gasteiger partial charge in [-0.3, -0.25) is 9.48 Å². The molecule has 3 atom stereocenters. The Morgan fingerprint density at radius 2 is 1.43 bits per heavy atom. The number of carboxylic acids is 1. The molecule has 1 saturated carbocycles. The summed E-state index contributed by atoms with van der Waals surface area (Å²) in [6.07, 6.45) is -2.09. The van der Waals surface area contributed by atoms with Crippen LogP contribution in [0, 0.1) is 11.3 Å². The minimum absolute atomic E-state index is 0.102. The van der Waals surface area contributed by atoms with Crippen LogP contribution in [0.1, 0.15) is 82.9 Å². The summed E-state index contributed by atoms with van der Waals surface area (Å²) in [5.74, 6) is -0.952. The fourth-order valence-electron chi connectivity index (χ4n) is 7.02. The van der Waals surface area contributed by atoms with Crippen molar-refractivity contribution in [3.63, 3.8) is 0 Å². The number of rotatable bonds is 10. The summed E-state index contributed by atoms with van der Waals surface area (Å²) in [6.45, 7) is 6.72. The van der Waals surface area contributed by atoms with Crippen molar-refractivity contribution in [1.82, 2.24) is 24.6 Å². The van der Waals surface area contributed by atoms with Crippen LogP contribution in [0.25, 0.3) is 11.1 Å². The molecule has 1 N–H and O–H groups in total. The lowest BCUT2D eigenvalue weighted by molar-refractivity contribution is -0.155. The number of hydrogen-bond acceptors (Lipinski definition) is 7. The van der Waals surface area contributed by atoms with Crippen LogP contribution in [0.2, 0.25) is 0 Å². The van der Waals surface area contributed by atoms with Gasteiger partial charge in [0.15, 0.2) is 0 Å². The normalized spacial score (nSPS) is 22.7. The lowest BCUT2D eigenvalue weighted by atomic mass is 9.66. The first-order valence-electron chi connectivity index (χ1n) is 16.9. The number of aliphatic carboxylic acids is 1. The van der Waals surface area contributed by atoms with E-state index in [1.165, 1.54) is 12.4 Å². The number of aromatic nitrogens is 4. The van der Waals surface area contributed by atoms with E-state index in [4.69, 9.17) is 4.74 Å². The third-order valence-electron chi connectivity index (χ3n) is 10.3. The van der Waals surface area contributed by atoms with Gasteiger partial charge in [-0.15, -0.1) is 0 Å². The molecule has 2 aliphatic rings. The van der Waals surface area contributed by atoms with Gasteiger partial charge in [-0.2, -0.15) is 31.4 Å². The fourth-order valence-corrected chi connectivity index (χ4v) is 7.02. The van der Waals surface area contributed by atoms with Gasteiger partial charge in [0.05, 0.1) is 22.7 Å². The van der Waals surface area contributed by atoms with Crippen molar-refractivity contribution in [3.05, 3.63) is 59.7 Å². The van der Waals surface area contributed by atoms with Gasteiger partial charge in [-0.25, -0.2) is 14.8 Å². The lowest BCUT2D eigenvalue weighted by Gasteiger charge is -2.49. The van der Waals surface area contributed by atoms with Crippen LogP contribution in [0.4, 0.5) is 37.1 Å². The fraction of sp³-hybridized carbons (Fsp3) is 0.571. The summed E-state index contributed by atoms with van der Waals surface area (Å²) >= 11 is 0. The molecule has 1 aliphatic heterocycles. The van der Waals surface area contributed by atoms with Gasteiger partial charge in [0.2, 0.25) is 5.95 Å². The van der Waals surface area contributed by atoms with E-state index in [-0.39, 0.29) is 42.1 Å². The van der Waals surface area contributed by atoms with Crippen molar-refractivity contribution >= 4 is 18.0 Å². The molecule has 2 fully saturated rings. The molecule has 5 rings (SSSR count). The zero-order valence-electron chi connectivity index (χ0n) is 29.0. The second-order valence-electron chi connectivity index (χ2n) is 14.1. The SMILES string of the molecule is CCC1CC(N(Cc2cc(C(F)(F)F)cc(C(F)(F)F)c2)c2ncc(-c3cnn(C)c3)cn2)C[C@@H](CC)N1C(=O)OC1CC(C(C)(C)C(=O)O)C1. The number of alkyl halides is 6. The van der Waals surface area contributed by atoms with E-state index in [9.17, 15) is 41.0 Å². The number of nitrogens with zero attached hydrogens (tertiary/aromatic N) is 6. The molecule has 0 bridgehead atoms. The molecule has 10 nitrogen and oxygen atoms in total. The van der Waals surface area contributed by atoms with Crippen molar-refractivity contribution in [3.8, 4) is 11.1 Å². The Balaban J connectivity index is 1.44. The maximum Gasteiger partial charge on any atom is 0.416 e. The molecule has 1 saturated heterocycles. The van der Waals surface area contributed by atoms with Gasteiger partial charge >= 0.3 is 24.4 Å². The van der Waals surface area contributed by atoms with Crippen LogP contribution in [-0.4, -0.2) is 66.0 Å². The highest BCUT2D eigenvalue weighted by Crippen LogP contribution is 2.44. The van der Waals surface area contributed by atoms with E-state index >= 15 is 0 Å². The summed E-state index contributed by atoms with van der Waals surface area (Å²) in [6, 6.07) is 0.301. The number of anilines is 1. The Morgan fingerprint density at radius 1 is 0.882 bits per heavy atom. The Labute approximate surface area is 291 Å². The molecule has 1 aromatic carbocycles. The second kappa shape index (κ2) is 14.3. The molecule has 0 spiro atoms. The summed E-state index contributed by atoms with van der Waals surface area (Å²) in [5, 5.41) is 13.7. The Kier molecular flexibility index (Phi) is 10.6. The minimum atomic E-state index is -5.02. The molecule has 2 aromatic heterocycles. The summed E-state index contributed by atoms with van der Waals surface area (Å²) in [4.78, 5) is 37.6. The predicted molar refractivity (Wildman–Crippen MR) is 174 cm³/mol. The van der Waals surface area contributed by atoms with Gasteiger partial charge in [0, 0.05) is 61.4 Å². The zero-order valence-corrected chi connectivity index (χ0v) is 29.0. The molecule has 2 unspecified atom stereocenters. The maximum absolute atomic E-state index is 13.8. The van der Waals surface area contributed by atoms with Crippen molar-refractivity contribution in [2.45, 2.75) is 109 Å². The van der Waals surface area contributed by atoms with E-state index < -0.39 is 53.1 Å². The molecule has 3 aromatic rings. The van der Waals surface area contributed by atoms with Gasteiger partial charge < -0.3 is 19.6 Å². The molecule has 1 amide bonds. The third-order valence-corrected chi connectivity index (χ3v) is 10.3. The number of carboxylic acid groups (broad SMARTS) is 1. The van der Waals surface area contributed by atoms with Crippen molar-refractivity contribution in [1.29, 1.82) is 0 Å². The molecule has 3 heterocycles. The van der Waals surface area contributed by atoms with Crippen LogP contribution in [0.15, 0.2) is 43.0 Å². The van der Waals surface area contributed by atoms with Gasteiger partial charge in [-0.05, 0) is 82.1 Å². The van der Waals surface area contributed by atoms with Crippen molar-refractivity contribution in [2.24, 2.45) is 18.4 Å². The summed E-state index contributed by atoms with van der Waals surface area (Å²) in [5.41, 5.74) is -2.67. The van der Waals surface area contributed by atoms with Gasteiger partial charge in [-0.1, -0.05) is 13.8 Å².